The molecule has 0 radical (unpaired) electrons. The fourth-order valence-electron chi connectivity index (χ4n) is 2.52. The van der Waals surface area contributed by atoms with Crippen LogP contribution in [0, 0.1) is 12.7 Å². The number of amidine groups is 1. The number of carbonyl (C=O) groups is 2. The zero-order valence-corrected chi connectivity index (χ0v) is 15.2. The van der Waals surface area contributed by atoms with Crippen molar-refractivity contribution >= 4 is 35.0 Å². The van der Waals surface area contributed by atoms with Crippen molar-refractivity contribution < 1.29 is 19.1 Å². The minimum absolute atomic E-state index is 0.246. The van der Waals surface area contributed by atoms with E-state index >= 15 is 0 Å². The molecule has 0 aliphatic carbocycles. The van der Waals surface area contributed by atoms with Crippen molar-refractivity contribution in [3.63, 3.8) is 0 Å². The number of halogens is 1. The Labute approximate surface area is 159 Å². The van der Waals surface area contributed by atoms with E-state index in [1.165, 1.54) is 12.3 Å². The van der Waals surface area contributed by atoms with E-state index in [2.05, 4.69) is 15.5 Å². The SMILES string of the molecule is Cc1cc(-c2cccc(C=NN=C3NC(=O)C(CC(=O)O)S3)c2)ccc1F. The number of nitrogens with one attached hydrogen (secondary N) is 1. The summed E-state index contributed by atoms with van der Waals surface area (Å²) in [6, 6.07) is 12.4. The van der Waals surface area contributed by atoms with Gasteiger partial charge in [-0.3, -0.25) is 9.59 Å². The summed E-state index contributed by atoms with van der Waals surface area (Å²) in [7, 11) is 0. The second kappa shape index (κ2) is 8.13. The first-order valence-electron chi connectivity index (χ1n) is 8.09. The first kappa shape index (κ1) is 18.8. The summed E-state index contributed by atoms with van der Waals surface area (Å²) in [5.74, 6) is -1.67. The van der Waals surface area contributed by atoms with E-state index in [1.807, 2.05) is 24.3 Å². The number of benzene rings is 2. The number of carboxylic acid groups (broad SMARTS) is 1. The van der Waals surface area contributed by atoms with Crippen LogP contribution in [-0.2, 0) is 9.59 Å². The Balaban J connectivity index is 1.72. The zero-order valence-electron chi connectivity index (χ0n) is 14.3. The lowest BCUT2D eigenvalue weighted by Gasteiger charge is -2.04. The van der Waals surface area contributed by atoms with Gasteiger partial charge in [-0.2, -0.15) is 5.10 Å². The van der Waals surface area contributed by atoms with Gasteiger partial charge in [0, 0.05) is 0 Å². The third-order valence-electron chi connectivity index (χ3n) is 3.87. The summed E-state index contributed by atoms with van der Waals surface area (Å²) in [5, 5.41) is 18.7. The molecule has 2 aromatic rings. The molecule has 2 N–H and O–H groups in total. The molecule has 27 heavy (non-hydrogen) atoms. The predicted octanol–water partition coefficient (Wildman–Crippen LogP) is 3.20. The molecule has 1 amide bonds. The van der Waals surface area contributed by atoms with Crippen LogP contribution in [0.3, 0.4) is 0 Å². The van der Waals surface area contributed by atoms with E-state index in [0.29, 0.717) is 5.56 Å². The van der Waals surface area contributed by atoms with Crippen LogP contribution in [0.15, 0.2) is 52.7 Å². The molecule has 8 heteroatoms. The Kier molecular flexibility index (Phi) is 5.66. The molecule has 0 aromatic heterocycles. The largest absolute Gasteiger partial charge is 0.481 e. The molecule has 0 saturated carbocycles. The minimum Gasteiger partial charge on any atom is -0.481 e. The van der Waals surface area contributed by atoms with Gasteiger partial charge in [0.2, 0.25) is 5.91 Å². The Morgan fingerprint density at radius 3 is 2.81 bits per heavy atom. The lowest BCUT2D eigenvalue weighted by Crippen LogP contribution is -2.26. The summed E-state index contributed by atoms with van der Waals surface area (Å²) in [6.45, 7) is 1.71. The maximum Gasteiger partial charge on any atom is 0.305 e. The van der Waals surface area contributed by atoms with E-state index in [9.17, 15) is 14.0 Å². The van der Waals surface area contributed by atoms with Crippen molar-refractivity contribution in [1.82, 2.24) is 5.32 Å². The number of hydrogen-bond acceptors (Lipinski definition) is 5. The Morgan fingerprint density at radius 2 is 2.07 bits per heavy atom. The quantitative estimate of drug-likeness (QED) is 0.611. The predicted molar refractivity (Wildman–Crippen MR) is 103 cm³/mol. The van der Waals surface area contributed by atoms with Gasteiger partial charge in [0.1, 0.15) is 11.1 Å². The lowest BCUT2D eigenvalue weighted by molar-refractivity contribution is -0.138. The third-order valence-corrected chi connectivity index (χ3v) is 4.94. The van der Waals surface area contributed by atoms with Gasteiger partial charge in [-0.05, 0) is 47.4 Å². The van der Waals surface area contributed by atoms with E-state index < -0.39 is 11.2 Å². The molecule has 3 rings (SSSR count). The van der Waals surface area contributed by atoms with E-state index in [4.69, 9.17) is 5.11 Å². The second-order valence-electron chi connectivity index (χ2n) is 5.93. The number of hydrogen-bond donors (Lipinski definition) is 2. The summed E-state index contributed by atoms with van der Waals surface area (Å²) < 4.78 is 13.4. The highest BCUT2D eigenvalue weighted by molar-refractivity contribution is 8.15. The Morgan fingerprint density at radius 1 is 1.30 bits per heavy atom. The van der Waals surface area contributed by atoms with Crippen LogP contribution in [0.2, 0.25) is 0 Å². The fraction of sp³-hybridized carbons (Fsp3) is 0.158. The summed E-state index contributed by atoms with van der Waals surface area (Å²) in [5.41, 5.74) is 3.17. The fourth-order valence-corrected chi connectivity index (χ4v) is 3.43. The molecule has 0 bridgehead atoms. The van der Waals surface area contributed by atoms with Crippen LogP contribution in [0.25, 0.3) is 11.1 Å². The lowest BCUT2D eigenvalue weighted by atomic mass is 10.0. The molecule has 1 unspecified atom stereocenters. The van der Waals surface area contributed by atoms with Gasteiger partial charge in [0.15, 0.2) is 5.17 Å². The van der Waals surface area contributed by atoms with Crippen LogP contribution in [0.5, 0.6) is 0 Å². The first-order chi connectivity index (χ1) is 12.9. The molecular formula is C19H16FN3O3S. The molecule has 1 aliphatic rings. The normalized spacial score (nSPS) is 18.2. The van der Waals surface area contributed by atoms with Crippen molar-refractivity contribution in [3.8, 4) is 11.1 Å². The second-order valence-corrected chi connectivity index (χ2v) is 7.12. The topological polar surface area (TPSA) is 91.1 Å². The van der Waals surface area contributed by atoms with Gasteiger partial charge in [0.05, 0.1) is 12.6 Å². The monoisotopic (exact) mass is 385 g/mol. The van der Waals surface area contributed by atoms with Crippen LogP contribution < -0.4 is 5.32 Å². The number of aliphatic carboxylic acids is 1. The maximum absolute atomic E-state index is 13.4. The number of aryl methyl sites for hydroxylation is 1. The molecule has 2 aromatic carbocycles. The molecular weight excluding hydrogens is 369 g/mol. The summed E-state index contributed by atoms with van der Waals surface area (Å²) in [6.07, 6.45) is 1.27. The van der Waals surface area contributed by atoms with Gasteiger partial charge in [-0.15, -0.1) is 5.10 Å². The molecule has 1 heterocycles. The highest BCUT2D eigenvalue weighted by atomic mass is 32.2. The Bertz CT molecular complexity index is 959. The molecule has 0 spiro atoms. The number of thioether (sulfide) groups is 1. The molecule has 1 aliphatic heterocycles. The van der Waals surface area contributed by atoms with Crippen molar-refractivity contribution in [2.45, 2.75) is 18.6 Å². The van der Waals surface area contributed by atoms with Crippen molar-refractivity contribution in [2.75, 3.05) is 0 Å². The zero-order chi connectivity index (χ0) is 19.4. The number of carboxylic acids is 1. The van der Waals surface area contributed by atoms with Crippen molar-refractivity contribution in [2.24, 2.45) is 10.2 Å². The average Bonchev–Trinajstić information content (AvgIpc) is 2.96. The number of carbonyl (C=O) groups excluding carboxylic acids is 1. The van der Waals surface area contributed by atoms with Crippen LogP contribution in [0.4, 0.5) is 4.39 Å². The Hall–Kier alpha value is -3.00. The molecule has 6 nitrogen and oxygen atoms in total. The van der Waals surface area contributed by atoms with Gasteiger partial charge in [-0.1, -0.05) is 36.0 Å². The molecule has 138 valence electrons. The molecule has 1 saturated heterocycles. The number of rotatable bonds is 5. The summed E-state index contributed by atoms with van der Waals surface area (Å²) in [4.78, 5) is 22.4. The van der Waals surface area contributed by atoms with E-state index in [-0.39, 0.29) is 23.3 Å². The molecule has 1 fully saturated rings. The van der Waals surface area contributed by atoms with Gasteiger partial charge < -0.3 is 10.4 Å². The van der Waals surface area contributed by atoms with Gasteiger partial charge in [0.25, 0.3) is 0 Å². The average molecular weight is 385 g/mol. The number of amides is 1. The highest BCUT2D eigenvalue weighted by Crippen LogP contribution is 2.23. The highest BCUT2D eigenvalue weighted by Gasteiger charge is 2.32. The van der Waals surface area contributed by atoms with Crippen LogP contribution in [-0.4, -0.2) is 33.6 Å². The van der Waals surface area contributed by atoms with E-state index in [0.717, 1.165) is 28.5 Å². The van der Waals surface area contributed by atoms with Crippen LogP contribution in [0.1, 0.15) is 17.5 Å². The summed E-state index contributed by atoms with van der Waals surface area (Å²) >= 11 is 1.04. The minimum atomic E-state index is -1.04. The third kappa shape index (κ3) is 4.79. The first-order valence-corrected chi connectivity index (χ1v) is 8.97. The van der Waals surface area contributed by atoms with Gasteiger partial charge >= 0.3 is 5.97 Å². The smallest absolute Gasteiger partial charge is 0.305 e. The van der Waals surface area contributed by atoms with Crippen molar-refractivity contribution in [1.29, 1.82) is 0 Å². The van der Waals surface area contributed by atoms with E-state index in [1.54, 1.807) is 19.1 Å². The standard InChI is InChI=1S/C19H16FN3O3S/c1-11-7-14(5-6-15(11)20)13-4-2-3-12(8-13)10-21-23-19-22-18(26)16(27-19)9-17(24)25/h2-8,10,16H,9H2,1H3,(H,24,25)(H,22,23,26). The van der Waals surface area contributed by atoms with Crippen molar-refractivity contribution in [3.05, 3.63) is 59.4 Å². The molecule has 1 atom stereocenters. The maximum atomic E-state index is 13.4. The van der Waals surface area contributed by atoms with Crippen LogP contribution >= 0.6 is 11.8 Å². The number of nitrogens with zero attached hydrogens (tertiary/aromatic N) is 2. The van der Waals surface area contributed by atoms with Gasteiger partial charge in [-0.25, -0.2) is 4.39 Å².